The van der Waals surface area contributed by atoms with Crippen LogP contribution >= 0.6 is 0 Å². The number of benzene rings is 1. The third kappa shape index (κ3) is 1.82. The second-order valence-electron chi connectivity index (χ2n) is 4.24. The number of urea groups is 1. The van der Waals surface area contributed by atoms with E-state index in [0.29, 0.717) is 0 Å². The van der Waals surface area contributed by atoms with Crippen molar-refractivity contribution in [1.82, 2.24) is 10.2 Å². The highest BCUT2D eigenvalue weighted by Crippen LogP contribution is 2.23. The minimum Gasteiger partial charge on any atom is -0.329 e. The first-order valence-electron chi connectivity index (χ1n) is 5.16. The van der Waals surface area contributed by atoms with Crippen LogP contribution in [0.3, 0.4) is 0 Å². The minimum absolute atomic E-state index is 0.0139. The molecule has 15 heavy (non-hydrogen) atoms. The van der Waals surface area contributed by atoms with Crippen LogP contribution in [-0.4, -0.2) is 24.5 Å². The Morgan fingerprint density at radius 2 is 2.13 bits per heavy atom. The number of hydrogen-bond donors (Lipinski definition) is 1. The largest absolute Gasteiger partial charge is 0.329 e. The van der Waals surface area contributed by atoms with Gasteiger partial charge in [0.1, 0.15) is 0 Å². The summed E-state index contributed by atoms with van der Waals surface area (Å²) in [7, 11) is 1.82. The van der Waals surface area contributed by atoms with Crippen LogP contribution in [0.4, 0.5) is 4.79 Å². The zero-order valence-corrected chi connectivity index (χ0v) is 9.37. The van der Waals surface area contributed by atoms with E-state index in [-0.39, 0.29) is 12.1 Å². The smallest absolute Gasteiger partial charge is 0.317 e. The topological polar surface area (TPSA) is 32.3 Å². The third-order valence-electron chi connectivity index (χ3n) is 2.90. The van der Waals surface area contributed by atoms with Crippen LogP contribution in [0.25, 0.3) is 0 Å². The molecular formula is C12H16N2O. The van der Waals surface area contributed by atoms with Gasteiger partial charge in [0.05, 0.1) is 6.04 Å². The average molecular weight is 204 g/mol. The van der Waals surface area contributed by atoms with E-state index in [9.17, 15) is 4.79 Å². The van der Waals surface area contributed by atoms with Gasteiger partial charge in [-0.25, -0.2) is 4.79 Å². The summed E-state index contributed by atoms with van der Waals surface area (Å²) >= 11 is 0. The van der Waals surface area contributed by atoms with Gasteiger partial charge in [-0.1, -0.05) is 23.8 Å². The summed E-state index contributed by atoms with van der Waals surface area (Å²) in [5.41, 5.74) is 3.72. The molecular weight excluding hydrogens is 188 g/mol. The van der Waals surface area contributed by atoms with Crippen molar-refractivity contribution < 1.29 is 4.79 Å². The number of amides is 2. The molecule has 0 radical (unpaired) electrons. The molecule has 3 heteroatoms. The summed E-state index contributed by atoms with van der Waals surface area (Å²) < 4.78 is 0. The molecule has 0 bridgehead atoms. The normalized spacial score (nSPS) is 20.6. The summed E-state index contributed by atoms with van der Waals surface area (Å²) in [4.78, 5) is 13.1. The van der Waals surface area contributed by atoms with Gasteiger partial charge >= 0.3 is 6.03 Å². The van der Waals surface area contributed by atoms with E-state index in [1.807, 2.05) is 7.05 Å². The van der Waals surface area contributed by atoms with Crippen molar-refractivity contribution in [3.8, 4) is 0 Å². The van der Waals surface area contributed by atoms with Crippen molar-refractivity contribution in [2.45, 2.75) is 19.9 Å². The minimum atomic E-state index is 0.0139. The van der Waals surface area contributed by atoms with Crippen molar-refractivity contribution in [2.75, 3.05) is 13.6 Å². The molecule has 1 aromatic rings. The van der Waals surface area contributed by atoms with Crippen molar-refractivity contribution in [1.29, 1.82) is 0 Å². The van der Waals surface area contributed by atoms with Crippen molar-refractivity contribution in [3.05, 3.63) is 34.9 Å². The van der Waals surface area contributed by atoms with E-state index >= 15 is 0 Å². The Morgan fingerprint density at radius 3 is 2.67 bits per heavy atom. The van der Waals surface area contributed by atoms with Gasteiger partial charge in [0.25, 0.3) is 0 Å². The van der Waals surface area contributed by atoms with Gasteiger partial charge in [-0.15, -0.1) is 0 Å². The summed E-state index contributed by atoms with van der Waals surface area (Å²) in [6, 6.07) is 6.50. The van der Waals surface area contributed by atoms with Crippen LogP contribution in [0.2, 0.25) is 0 Å². The molecule has 1 unspecified atom stereocenters. The molecule has 80 valence electrons. The first-order chi connectivity index (χ1) is 7.08. The summed E-state index contributed by atoms with van der Waals surface area (Å²) in [5, 5.41) is 2.97. The molecule has 1 atom stereocenters. The molecule has 1 heterocycles. The number of carbonyl (C=O) groups excluding carboxylic acids is 1. The van der Waals surface area contributed by atoms with Crippen LogP contribution in [0, 0.1) is 13.8 Å². The SMILES string of the molecule is Cc1ccc(C2CN(C)C(=O)N2)c(C)c1. The molecule has 0 aliphatic carbocycles. The van der Waals surface area contributed by atoms with Crippen LogP contribution in [0.15, 0.2) is 18.2 Å². The Labute approximate surface area is 90.1 Å². The number of nitrogens with zero attached hydrogens (tertiary/aromatic N) is 1. The molecule has 1 aliphatic heterocycles. The van der Waals surface area contributed by atoms with Gasteiger partial charge in [0.15, 0.2) is 0 Å². The summed E-state index contributed by atoms with van der Waals surface area (Å²) in [5.74, 6) is 0. The van der Waals surface area contributed by atoms with Gasteiger partial charge in [0.2, 0.25) is 0 Å². The number of carbonyl (C=O) groups is 1. The number of aryl methyl sites for hydroxylation is 2. The van der Waals surface area contributed by atoms with Crippen LogP contribution in [0.1, 0.15) is 22.7 Å². The van der Waals surface area contributed by atoms with Gasteiger partial charge in [-0.05, 0) is 25.0 Å². The van der Waals surface area contributed by atoms with E-state index in [2.05, 4.69) is 37.4 Å². The second-order valence-corrected chi connectivity index (χ2v) is 4.24. The fourth-order valence-electron chi connectivity index (χ4n) is 2.05. The third-order valence-corrected chi connectivity index (χ3v) is 2.90. The second kappa shape index (κ2) is 3.57. The first kappa shape index (κ1) is 10.0. The van der Waals surface area contributed by atoms with E-state index in [0.717, 1.165) is 6.54 Å². The lowest BCUT2D eigenvalue weighted by atomic mass is 10.00. The monoisotopic (exact) mass is 204 g/mol. The fraction of sp³-hybridized carbons (Fsp3) is 0.417. The molecule has 1 fully saturated rings. The summed E-state index contributed by atoms with van der Waals surface area (Å²) in [6.45, 7) is 4.92. The molecule has 0 spiro atoms. The molecule has 1 N–H and O–H groups in total. The van der Waals surface area contributed by atoms with E-state index < -0.39 is 0 Å². The van der Waals surface area contributed by atoms with Gasteiger partial charge < -0.3 is 10.2 Å². The molecule has 3 nitrogen and oxygen atoms in total. The Kier molecular flexibility index (Phi) is 2.39. The Bertz CT molecular complexity index is 401. The van der Waals surface area contributed by atoms with Crippen LogP contribution < -0.4 is 5.32 Å². The molecule has 1 saturated heterocycles. The molecule has 2 rings (SSSR count). The fourth-order valence-corrected chi connectivity index (χ4v) is 2.05. The van der Waals surface area contributed by atoms with E-state index in [1.54, 1.807) is 4.90 Å². The van der Waals surface area contributed by atoms with Gasteiger partial charge in [-0.3, -0.25) is 0 Å². The predicted octanol–water partition coefficient (Wildman–Crippen LogP) is 2.00. The maximum Gasteiger partial charge on any atom is 0.317 e. The highest BCUT2D eigenvalue weighted by Gasteiger charge is 2.27. The number of rotatable bonds is 1. The maximum atomic E-state index is 11.4. The lowest BCUT2D eigenvalue weighted by molar-refractivity contribution is 0.226. The Morgan fingerprint density at radius 1 is 1.40 bits per heavy atom. The van der Waals surface area contributed by atoms with Crippen molar-refractivity contribution >= 4 is 6.03 Å². The maximum absolute atomic E-state index is 11.4. The number of nitrogens with one attached hydrogen (secondary N) is 1. The zero-order chi connectivity index (χ0) is 11.0. The highest BCUT2D eigenvalue weighted by atomic mass is 16.2. The highest BCUT2D eigenvalue weighted by molar-refractivity contribution is 5.77. The number of likely N-dealkylation sites (N-methyl/N-ethyl adjacent to an activating group) is 1. The summed E-state index contributed by atoms with van der Waals surface area (Å²) in [6.07, 6.45) is 0. The quantitative estimate of drug-likeness (QED) is 0.745. The van der Waals surface area contributed by atoms with Gasteiger partial charge in [-0.2, -0.15) is 0 Å². The Hall–Kier alpha value is -1.51. The molecule has 1 aromatic carbocycles. The van der Waals surface area contributed by atoms with Crippen molar-refractivity contribution in [2.24, 2.45) is 0 Å². The Balaban J connectivity index is 2.27. The van der Waals surface area contributed by atoms with Crippen LogP contribution in [0.5, 0.6) is 0 Å². The average Bonchev–Trinajstić information content (AvgIpc) is 2.46. The molecule has 2 amide bonds. The first-order valence-corrected chi connectivity index (χ1v) is 5.16. The zero-order valence-electron chi connectivity index (χ0n) is 9.37. The molecule has 0 aromatic heterocycles. The predicted molar refractivity (Wildman–Crippen MR) is 59.8 cm³/mol. The van der Waals surface area contributed by atoms with Gasteiger partial charge in [0, 0.05) is 13.6 Å². The molecule has 1 aliphatic rings. The standard InChI is InChI=1S/C12H16N2O/c1-8-4-5-10(9(2)6-8)11-7-14(3)12(15)13-11/h4-6,11H,7H2,1-3H3,(H,13,15). The number of hydrogen-bond acceptors (Lipinski definition) is 1. The van der Waals surface area contributed by atoms with E-state index in [1.165, 1.54) is 16.7 Å². The van der Waals surface area contributed by atoms with Crippen molar-refractivity contribution in [3.63, 3.8) is 0 Å². The lowest BCUT2D eigenvalue weighted by Crippen LogP contribution is -2.24. The molecule has 0 saturated carbocycles. The van der Waals surface area contributed by atoms with E-state index in [4.69, 9.17) is 0 Å². The van der Waals surface area contributed by atoms with Crippen LogP contribution in [-0.2, 0) is 0 Å². The lowest BCUT2D eigenvalue weighted by Gasteiger charge is -2.13.